The van der Waals surface area contributed by atoms with Gasteiger partial charge in [-0.1, -0.05) is 59.6 Å². The number of aromatic nitrogens is 6. The zero-order valence-electron chi connectivity index (χ0n) is 42.8. The standard InChI is InChI=1S/C52H56Cl4N12O10/c1-7-40(69)62-32-22-75-21-31(32)61-39-14-28-30(19-58-39)65-50(68-49(28)57-11-12-71-3)43-46(55)37(74-6)16-38(47(43)56)77-20-27-10-9-26(78-27)18-59-51-48-25(13-29(64-51)42-44(53)35(72-4)15-36(73-5)45(42)54)17-60-52(67-48)66-34-24-76-23-33(34)63-41(70)8-2/h7-8,13-17,19,26-27,31-34H,1-2,9-12,18,20-24H2,3-6H3,(H,58,61)(H,59,64)(H,62,69)(H,63,70)(H,57,65,68)(H,60,66,67)/t26-,27?,31+,32-,33-,34+/m0/s1. The van der Waals surface area contributed by atoms with E-state index >= 15 is 0 Å². The Morgan fingerprint density at radius 2 is 1.29 bits per heavy atom. The Balaban J connectivity index is 0.941. The number of hydrogen-bond acceptors (Lipinski definition) is 20. The van der Waals surface area contributed by atoms with Crippen LogP contribution in [0.3, 0.4) is 0 Å². The van der Waals surface area contributed by atoms with Gasteiger partial charge in [-0.25, -0.2) is 29.9 Å². The van der Waals surface area contributed by atoms with Crippen molar-refractivity contribution in [3.05, 3.63) is 82.1 Å². The number of halogens is 4. The van der Waals surface area contributed by atoms with Crippen LogP contribution in [0.1, 0.15) is 12.8 Å². The number of anilines is 4. The first-order chi connectivity index (χ1) is 37.8. The molecule has 3 aliphatic rings. The number of ether oxygens (including phenoxy) is 8. The molecule has 0 radical (unpaired) electrons. The number of pyridine rings is 2. The van der Waals surface area contributed by atoms with E-state index in [4.69, 9.17) is 104 Å². The van der Waals surface area contributed by atoms with Crippen LogP contribution in [-0.4, -0.2) is 159 Å². The molecule has 3 saturated heterocycles. The summed E-state index contributed by atoms with van der Waals surface area (Å²) in [5.74, 6) is 2.45. The van der Waals surface area contributed by atoms with Crippen molar-refractivity contribution in [3.8, 4) is 45.6 Å². The van der Waals surface area contributed by atoms with E-state index in [1.54, 1.807) is 37.7 Å². The molecule has 7 heterocycles. The average Bonchev–Trinajstić information content (AvgIpc) is 4.32. The lowest BCUT2D eigenvalue weighted by molar-refractivity contribution is -0.118. The van der Waals surface area contributed by atoms with Crippen LogP contribution in [0.25, 0.3) is 44.5 Å². The summed E-state index contributed by atoms with van der Waals surface area (Å²) in [6, 6.07) is 5.58. The first-order valence-corrected chi connectivity index (χ1v) is 26.2. The number of rotatable bonds is 23. The molecule has 1 unspecified atom stereocenters. The Kier molecular flexibility index (Phi) is 18.2. The Labute approximate surface area is 468 Å². The predicted octanol–water partition coefficient (Wildman–Crippen LogP) is 7.40. The van der Waals surface area contributed by atoms with Gasteiger partial charge in [0.05, 0.1) is 134 Å². The minimum atomic E-state index is -0.345. The number of carbonyl (C=O) groups is 2. The van der Waals surface area contributed by atoms with E-state index in [-0.39, 0.29) is 104 Å². The third-order valence-electron chi connectivity index (χ3n) is 13.1. The summed E-state index contributed by atoms with van der Waals surface area (Å²) in [4.78, 5) is 53.2. The van der Waals surface area contributed by atoms with E-state index in [0.29, 0.717) is 121 Å². The fourth-order valence-electron chi connectivity index (χ4n) is 9.10. The highest BCUT2D eigenvalue weighted by molar-refractivity contribution is 6.41. The number of fused-ring (bicyclic) bond motifs is 2. The fraction of sp³-hybridized carbons (Fsp3) is 0.385. The molecule has 412 valence electrons. The number of carbonyl (C=O) groups excluding carboxylic acids is 2. The second-order valence-corrected chi connectivity index (χ2v) is 19.6. The van der Waals surface area contributed by atoms with Gasteiger partial charge in [-0.3, -0.25) is 9.59 Å². The molecular formula is C52H56Cl4N12O10. The second-order valence-electron chi connectivity index (χ2n) is 18.1. The summed E-state index contributed by atoms with van der Waals surface area (Å²) < 4.78 is 46.4. The maximum absolute atomic E-state index is 12.2. The Bertz CT molecular complexity index is 3210. The normalized spacial score (nSPS) is 19.8. The Hall–Kier alpha value is -6.76. The van der Waals surface area contributed by atoms with Crippen molar-refractivity contribution in [2.75, 3.05) is 102 Å². The van der Waals surface area contributed by atoms with Gasteiger partial charge in [0.1, 0.15) is 46.8 Å². The number of amides is 2. The van der Waals surface area contributed by atoms with Gasteiger partial charge in [0.15, 0.2) is 11.6 Å². The molecule has 2 aromatic carbocycles. The third-order valence-corrected chi connectivity index (χ3v) is 14.6. The number of benzene rings is 2. The lowest BCUT2D eigenvalue weighted by Crippen LogP contribution is -2.45. The number of hydrogen-bond donors (Lipinski definition) is 6. The van der Waals surface area contributed by atoms with Gasteiger partial charge in [-0.05, 0) is 37.1 Å². The van der Waals surface area contributed by atoms with Gasteiger partial charge in [-0.15, -0.1) is 0 Å². The summed E-state index contributed by atoms with van der Waals surface area (Å²) in [5.41, 5.74) is 2.03. The topological polar surface area (TPSA) is 258 Å². The second kappa shape index (κ2) is 25.4. The molecule has 4 aromatic heterocycles. The predicted molar refractivity (Wildman–Crippen MR) is 298 cm³/mol. The van der Waals surface area contributed by atoms with Gasteiger partial charge in [0.2, 0.25) is 17.8 Å². The van der Waals surface area contributed by atoms with Crippen molar-refractivity contribution in [1.29, 1.82) is 0 Å². The van der Waals surface area contributed by atoms with Crippen LogP contribution in [0.15, 0.2) is 62.0 Å². The molecule has 22 nitrogen and oxygen atoms in total. The number of nitrogens with zero attached hydrogens (tertiary/aromatic N) is 6. The summed E-state index contributed by atoms with van der Waals surface area (Å²) >= 11 is 28.0. The van der Waals surface area contributed by atoms with Gasteiger partial charge in [0.25, 0.3) is 0 Å². The highest BCUT2D eigenvalue weighted by Crippen LogP contribution is 2.48. The van der Waals surface area contributed by atoms with Crippen LogP contribution < -0.4 is 50.8 Å². The summed E-state index contributed by atoms with van der Waals surface area (Å²) in [6.45, 7) is 9.65. The molecule has 0 saturated carbocycles. The van der Waals surface area contributed by atoms with E-state index in [2.05, 4.69) is 55.0 Å². The fourth-order valence-corrected chi connectivity index (χ4v) is 10.4. The minimum Gasteiger partial charge on any atom is -0.495 e. The quantitative estimate of drug-likeness (QED) is 0.0270. The number of methoxy groups -OCH3 is 4. The molecule has 3 fully saturated rings. The zero-order chi connectivity index (χ0) is 55.0. The van der Waals surface area contributed by atoms with Gasteiger partial charge >= 0.3 is 0 Å². The molecule has 9 rings (SSSR count). The van der Waals surface area contributed by atoms with Crippen molar-refractivity contribution < 1.29 is 47.5 Å². The van der Waals surface area contributed by atoms with E-state index in [1.165, 1.54) is 33.5 Å². The smallest absolute Gasteiger partial charge is 0.243 e. The lowest BCUT2D eigenvalue weighted by Gasteiger charge is -2.21. The van der Waals surface area contributed by atoms with Crippen LogP contribution in [0, 0.1) is 0 Å². The van der Waals surface area contributed by atoms with Crippen molar-refractivity contribution in [1.82, 2.24) is 40.5 Å². The number of nitrogens with one attached hydrogen (secondary N) is 6. The summed E-state index contributed by atoms with van der Waals surface area (Å²) in [6.07, 6.45) is 6.38. The van der Waals surface area contributed by atoms with Crippen LogP contribution in [0.4, 0.5) is 23.4 Å². The average molecular weight is 1150 g/mol. The van der Waals surface area contributed by atoms with Crippen LogP contribution in [-0.2, 0) is 28.5 Å². The van der Waals surface area contributed by atoms with Crippen LogP contribution in [0.2, 0.25) is 20.1 Å². The summed E-state index contributed by atoms with van der Waals surface area (Å²) in [5, 5.41) is 21.3. The van der Waals surface area contributed by atoms with E-state index < -0.39 is 0 Å². The largest absolute Gasteiger partial charge is 0.495 e. The molecule has 6 atom stereocenters. The van der Waals surface area contributed by atoms with Gasteiger partial charge in [0, 0.05) is 54.9 Å². The zero-order valence-corrected chi connectivity index (χ0v) is 45.9. The van der Waals surface area contributed by atoms with Crippen LogP contribution >= 0.6 is 46.4 Å². The summed E-state index contributed by atoms with van der Waals surface area (Å²) in [7, 11) is 6.08. The van der Waals surface area contributed by atoms with Crippen molar-refractivity contribution in [2.24, 2.45) is 0 Å². The monoisotopic (exact) mass is 1150 g/mol. The molecule has 0 spiro atoms. The lowest BCUT2D eigenvalue weighted by atomic mass is 10.1. The first-order valence-electron chi connectivity index (χ1n) is 24.6. The Morgan fingerprint density at radius 3 is 1.95 bits per heavy atom. The molecule has 2 amide bonds. The van der Waals surface area contributed by atoms with Crippen molar-refractivity contribution in [2.45, 2.75) is 49.2 Å². The van der Waals surface area contributed by atoms with Crippen molar-refractivity contribution in [3.63, 3.8) is 0 Å². The molecular weight excluding hydrogens is 1090 g/mol. The molecule has 6 aromatic rings. The maximum Gasteiger partial charge on any atom is 0.243 e. The molecule has 3 aliphatic heterocycles. The molecule has 0 bridgehead atoms. The van der Waals surface area contributed by atoms with Crippen molar-refractivity contribution >= 4 is 103 Å². The molecule has 26 heteroatoms. The Morgan fingerprint density at radius 1 is 0.679 bits per heavy atom. The first kappa shape index (κ1) is 56.0. The van der Waals surface area contributed by atoms with E-state index in [1.807, 2.05) is 6.07 Å². The van der Waals surface area contributed by atoms with E-state index in [9.17, 15) is 9.59 Å². The van der Waals surface area contributed by atoms with Gasteiger partial charge in [-0.2, -0.15) is 0 Å². The molecule has 0 aliphatic carbocycles. The van der Waals surface area contributed by atoms with Gasteiger partial charge < -0.3 is 69.8 Å². The highest BCUT2D eigenvalue weighted by atomic mass is 35.5. The third kappa shape index (κ3) is 12.4. The van der Waals surface area contributed by atoms with E-state index in [0.717, 1.165) is 0 Å². The minimum absolute atomic E-state index is 0.124. The maximum atomic E-state index is 12.2. The molecule has 6 N–H and O–H groups in total. The SMILES string of the molecule is C=CC(=O)N[C@H]1COC[C@H]1Nc1cc2c(NCCOC)nc(-c3c(Cl)c(OC)cc(OCC4CC[C@@H](CNc5nc(-c6c(Cl)c(OC)cc(OC)c6Cl)cc6cnc(N[C@@H]7COC[C@@H]7NC(=O)C=C)nc56)O4)c3Cl)nc2cn1. The highest BCUT2D eigenvalue weighted by Gasteiger charge is 2.33. The molecule has 78 heavy (non-hydrogen) atoms. The van der Waals surface area contributed by atoms with Crippen LogP contribution in [0.5, 0.6) is 23.0 Å².